The zero-order valence-corrected chi connectivity index (χ0v) is 18.1. The zero-order chi connectivity index (χ0) is 21.5. The van der Waals surface area contributed by atoms with Crippen LogP contribution in [0.15, 0.2) is 53.6 Å². The quantitative estimate of drug-likeness (QED) is 0.573. The van der Waals surface area contributed by atoms with E-state index in [0.717, 1.165) is 34.7 Å². The van der Waals surface area contributed by atoms with Gasteiger partial charge in [0.05, 0.1) is 13.2 Å². The van der Waals surface area contributed by atoms with Gasteiger partial charge in [0.15, 0.2) is 17.3 Å². The Kier molecular flexibility index (Phi) is 7.12. The van der Waals surface area contributed by atoms with E-state index in [2.05, 4.69) is 17.2 Å². The lowest BCUT2D eigenvalue weighted by atomic mass is 10.1. The van der Waals surface area contributed by atoms with Crippen molar-refractivity contribution in [1.82, 2.24) is 9.55 Å². The Balaban J connectivity index is 1.71. The maximum absolute atomic E-state index is 12.9. The lowest BCUT2D eigenvalue weighted by Crippen LogP contribution is -2.24. The Morgan fingerprint density at radius 1 is 0.967 bits per heavy atom. The van der Waals surface area contributed by atoms with E-state index < -0.39 is 0 Å². The summed E-state index contributed by atoms with van der Waals surface area (Å²) in [6, 6.07) is 11.9. The van der Waals surface area contributed by atoms with Gasteiger partial charge in [0.25, 0.3) is 5.56 Å². The SMILES string of the molecule is CCOc1ccc(CCNc2nccn(-c3ccc(C)c(C)c3)c2=O)cc1OCC. The molecule has 0 aliphatic heterocycles. The van der Waals surface area contributed by atoms with Crippen LogP contribution in [0.25, 0.3) is 5.69 Å². The van der Waals surface area contributed by atoms with Crippen LogP contribution >= 0.6 is 0 Å². The van der Waals surface area contributed by atoms with E-state index in [9.17, 15) is 4.79 Å². The summed E-state index contributed by atoms with van der Waals surface area (Å²) >= 11 is 0. The summed E-state index contributed by atoms with van der Waals surface area (Å²) in [4.78, 5) is 17.1. The molecule has 0 radical (unpaired) electrons. The van der Waals surface area contributed by atoms with Crippen molar-refractivity contribution < 1.29 is 9.47 Å². The first-order chi connectivity index (χ1) is 14.5. The van der Waals surface area contributed by atoms with Gasteiger partial charge < -0.3 is 14.8 Å². The van der Waals surface area contributed by atoms with Crippen LogP contribution in [0.3, 0.4) is 0 Å². The lowest BCUT2D eigenvalue weighted by Gasteiger charge is -2.13. The number of ether oxygens (including phenoxy) is 2. The molecule has 158 valence electrons. The van der Waals surface area contributed by atoms with Gasteiger partial charge in [-0.1, -0.05) is 12.1 Å². The predicted octanol–water partition coefficient (Wildman–Crippen LogP) is 4.30. The van der Waals surface area contributed by atoms with Gasteiger partial charge in [-0.05, 0) is 75.1 Å². The summed E-state index contributed by atoms with van der Waals surface area (Å²) in [5, 5.41) is 3.17. The normalized spacial score (nSPS) is 10.7. The summed E-state index contributed by atoms with van der Waals surface area (Å²) in [6.45, 7) is 9.74. The van der Waals surface area contributed by atoms with Crippen molar-refractivity contribution in [1.29, 1.82) is 0 Å². The van der Waals surface area contributed by atoms with E-state index in [1.165, 1.54) is 5.56 Å². The maximum Gasteiger partial charge on any atom is 0.297 e. The Hall–Kier alpha value is -3.28. The first kappa shape index (κ1) is 21.4. The van der Waals surface area contributed by atoms with Crippen molar-refractivity contribution in [3.05, 3.63) is 75.8 Å². The summed E-state index contributed by atoms with van der Waals surface area (Å²) in [7, 11) is 0. The van der Waals surface area contributed by atoms with Crippen LogP contribution in [-0.2, 0) is 6.42 Å². The Morgan fingerprint density at radius 3 is 2.47 bits per heavy atom. The molecule has 0 fully saturated rings. The largest absolute Gasteiger partial charge is 0.490 e. The van der Waals surface area contributed by atoms with Crippen LogP contribution in [0.4, 0.5) is 5.82 Å². The summed E-state index contributed by atoms with van der Waals surface area (Å²) in [5.74, 6) is 1.83. The van der Waals surface area contributed by atoms with E-state index in [1.54, 1.807) is 17.0 Å². The maximum atomic E-state index is 12.9. The number of rotatable bonds is 9. The molecule has 1 heterocycles. The number of aromatic nitrogens is 2. The van der Waals surface area contributed by atoms with Crippen LogP contribution < -0.4 is 20.3 Å². The van der Waals surface area contributed by atoms with E-state index in [-0.39, 0.29) is 5.56 Å². The van der Waals surface area contributed by atoms with Gasteiger partial charge in [-0.25, -0.2) is 4.98 Å². The molecule has 30 heavy (non-hydrogen) atoms. The van der Waals surface area contributed by atoms with Gasteiger partial charge in [-0.2, -0.15) is 0 Å². The number of anilines is 1. The molecule has 0 amide bonds. The molecule has 0 bridgehead atoms. The van der Waals surface area contributed by atoms with Gasteiger partial charge in [0.1, 0.15) is 0 Å². The van der Waals surface area contributed by atoms with Gasteiger partial charge in [0.2, 0.25) is 0 Å². The molecule has 3 rings (SSSR count). The van der Waals surface area contributed by atoms with Crippen molar-refractivity contribution in [2.24, 2.45) is 0 Å². The smallest absolute Gasteiger partial charge is 0.297 e. The first-order valence-electron chi connectivity index (χ1n) is 10.3. The first-order valence-corrected chi connectivity index (χ1v) is 10.3. The number of aryl methyl sites for hydroxylation is 2. The molecule has 0 aliphatic rings. The highest BCUT2D eigenvalue weighted by molar-refractivity contribution is 5.44. The molecule has 6 heteroatoms. The predicted molar refractivity (Wildman–Crippen MR) is 120 cm³/mol. The molecular weight excluding hydrogens is 378 g/mol. The molecule has 0 saturated heterocycles. The zero-order valence-electron chi connectivity index (χ0n) is 18.1. The topological polar surface area (TPSA) is 65.4 Å². The Morgan fingerprint density at radius 2 is 1.73 bits per heavy atom. The fourth-order valence-corrected chi connectivity index (χ4v) is 3.19. The summed E-state index contributed by atoms with van der Waals surface area (Å²) in [5.41, 5.74) is 4.11. The number of benzene rings is 2. The van der Waals surface area contributed by atoms with E-state index >= 15 is 0 Å². The summed E-state index contributed by atoms with van der Waals surface area (Å²) < 4.78 is 12.9. The monoisotopic (exact) mass is 407 g/mol. The van der Waals surface area contributed by atoms with Gasteiger partial charge in [-0.3, -0.25) is 9.36 Å². The van der Waals surface area contributed by atoms with E-state index in [0.29, 0.717) is 25.6 Å². The van der Waals surface area contributed by atoms with Crippen molar-refractivity contribution >= 4 is 5.82 Å². The molecule has 2 aromatic carbocycles. The van der Waals surface area contributed by atoms with Crippen LogP contribution in [-0.4, -0.2) is 29.3 Å². The minimum absolute atomic E-state index is 0.164. The van der Waals surface area contributed by atoms with Crippen molar-refractivity contribution in [3.8, 4) is 17.2 Å². The fraction of sp³-hybridized carbons (Fsp3) is 0.333. The van der Waals surface area contributed by atoms with Crippen LogP contribution in [0.2, 0.25) is 0 Å². The Labute approximate surface area is 177 Å². The number of hydrogen-bond donors (Lipinski definition) is 1. The molecule has 0 aliphatic carbocycles. The molecule has 0 saturated carbocycles. The fourth-order valence-electron chi connectivity index (χ4n) is 3.19. The second kappa shape index (κ2) is 9.96. The van der Waals surface area contributed by atoms with E-state index in [1.807, 2.05) is 57.2 Å². The van der Waals surface area contributed by atoms with Gasteiger partial charge in [0, 0.05) is 24.6 Å². The highest BCUT2D eigenvalue weighted by atomic mass is 16.5. The third-order valence-corrected chi connectivity index (χ3v) is 4.92. The molecular formula is C24H29N3O3. The highest BCUT2D eigenvalue weighted by Gasteiger charge is 2.09. The van der Waals surface area contributed by atoms with Crippen molar-refractivity contribution in [2.75, 3.05) is 25.1 Å². The average molecular weight is 408 g/mol. The minimum Gasteiger partial charge on any atom is -0.490 e. The second-order valence-corrected chi connectivity index (χ2v) is 7.04. The molecule has 3 aromatic rings. The summed E-state index contributed by atoms with van der Waals surface area (Å²) in [6.07, 6.45) is 4.06. The standard InChI is InChI=1S/C24H29N3O3/c1-5-29-21-10-8-19(16-22(21)30-6-2)11-12-25-23-24(28)27(14-13-26-23)20-9-7-17(3)18(4)15-20/h7-10,13-16H,5-6,11-12H2,1-4H3,(H,25,26). The van der Waals surface area contributed by atoms with Crippen molar-refractivity contribution in [3.63, 3.8) is 0 Å². The minimum atomic E-state index is -0.164. The third kappa shape index (κ3) is 5.00. The van der Waals surface area contributed by atoms with E-state index in [4.69, 9.17) is 9.47 Å². The molecule has 1 aromatic heterocycles. The van der Waals surface area contributed by atoms with Crippen molar-refractivity contribution in [2.45, 2.75) is 34.1 Å². The molecule has 0 atom stereocenters. The average Bonchev–Trinajstić information content (AvgIpc) is 2.73. The molecule has 6 nitrogen and oxygen atoms in total. The van der Waals surface area contributed by atoms with Crippen LogP contribution in [0.5, 0.6) is 11.5 Å². The van der Waals surface area contributed by atoms with Gasteiger partial charge >= 0.3 is 0 Å². The number of nitrogens with one attached hydrogen (secondary N) is 1. The Bertz CT molecular complexity index is 1060. The number of nitrogens with zero attached hydrogens (tertiary/aromatic N) is 2. The third-order valence-electron chi connectivity index (χ3n) is 4.92. The molecule has 0 unspecified atom stereocenters. The second-order valence-electron chi connectivity index (χ2n) is 7.04. The lowest BCUT2D eigenvalue weighted by molar-refractivity contribution is 0.287. The van der Waals surface area contributed by atoms with Crippen LogP contribution in [0, 0.1) is 13.8 Å². The highest BCUT2D eigenvalue weighted by Crippen LogP contribution is 2.28. The molecule has 0 spiro atoms. The molecule has 1 N–H and O–H groups in total. The van der Waals surface area contributed by atoms with Crippen LogP contribution in [0.1, 0.15) is 30.5 Å². The number of hydrogen-bond acceptors (Lipinski definition) is 5. The van der Waals surface area contributed by atoms with Gasteiger partial charge in [-0.15, -0.1) is 0 Å².